The average Bonchev–Trinajstić information content (AvgIpc) is 2.63. The molecule has 2 N–H and O–H groups in total. The van der Waals surface area contributed by atoms with Crippen LogP contribution in [0.5, 0.6) is 5.75 Å². The highest BCUT2D eigenvalue weighted by Crippen LogP contribution is 2.30. The minimum atomic E-state index is 0.340. The molecule has 82 valence electrons. The maximum atomic E-state index is 9.83. The van der Waals surface area contributed by atoms with E-state index in [0.29, 0.717) is 16.7 Å². The average molecular weight is 226 g/mol. The van der Waals surface area contributed by atoms with E-state index in [9.17, 15) is 5.11 Å². The number of aromatic hydroxyl groups is 1. The van der Waals surface area contributed by atoms with Crippen LogP contribution < -0.4 is 5.32 Å². The van der Waals surface area contributed by atoms with Gasteiger partial charge in [0, 0.05) is 10.6 Å². The molecule has 0 radical (unpaired) electrons. The van der Waals surface area contributed by atoms with Crippen molar-refractivity contribution < 1.29 is 5.11 Å². The third-order valence-corrected chi connectivity index (χ3v) is 3.31. The fourth-order valence-electron chi connectivity index (χ4n) is 2.13. The Hall–Kier alpha value is -0.730. The third-order valence-electron chi connectivity index (χ3n) is 2.97. The maximum Gasteiger partial charge on any atom is 0.120 e. The number of phenolic OH excluding ortho intramolecular Hbond substituents is 1. The van der Waals surface area contributed by atoms with Crippen molar-refractivity contribution in [3.05, 3.63) is 28.3 Å². The number of phenols is 1. The van der Waals surface area contributed by atoms with E-state index in [0.717, 1.165) is 30.6 Å². The number of halogens is 1. The zero-order valence-electron chi connectivity index (χ0n) is 8.89. The van der Waals surface area contributed by atoms with Crippen LogP contribution in [0.25, 0.3) is 0 Å². The summed E-state index contributed by atoms with van der Waals surface area (Å²) in [4.78, 5) is 0. The maximum absolute atomic E-state index is 9.83. The number of benzene rings is 1. The van der Waals surface area contributed by atoms with E-state index in [-0.39, 0.29) is 0 Å². The zero-order chi connectivity index (χ0) is 10.8. The van der Waals surface area contributed by atoms with E-state index in [2.05, 4.69) is 5.32 Å². The molecule has 0 saturated carbocycles. The van der Waals surface area contributed by atoms with Gasteiger partial charge in [0.1, 0.15) is 5.75 Å². The molecule has 2 rings (SSSR count). The molecule has 0 bridgehead atoms. The Morgan fingerprint density at radius 1 is 1.53 bits per heavy atom. The Morgan fingerprint density at radius 3 is 2.93 bits per heavy atom. The van der Waals surface area contributed by atoms with Crippen molar-refractivity contribution in [2.24, 2.45) is 5.92 Å². The number of rotatable bonds is 2. The van der Waals surface area contributed by atoms with E-state index in [4.69, 9.17) is 11.6 Å². The molecule has 3 heteroatoms. The van der Waals surface area contributed by atoms with Crippen LogP contribution in [0.3, 0.4) is 0 Å². The number of nitrogens with one attached hydrogen (secondary N) is 1. The van der Waals surface area contributed by atoms with E-state index < -0.39 is 0 Å². The van der Waals surface area contributed by atoms with Crippen molar-refractivity contribution in [3.63, 3.8) is 0 Å². The smallest absolute Gasteiger partial charge is 0.120 e. The second-order valence-corrected chi connectivity index (χ2v) is 4.71. The standard InChI is InChI=1S/C12H16ClNO/c1-8-4-11(13)10(12(15)5-8)6-9-2-3-14-7-9/h4-5,9,14-15H,2-3,6-7H2,1H3. The summed E-state index contributed by atoms with van der Waals surface area (Å²) < 4.78 is 0. The molecule has 1 unspecified atom stereocenters. The van der Waals surface area contributed by atoms with Crippen LogP contribution in [0.15, 0.2) is 12.1 Å². The molecule has 2 nitrogen and oxygen atoms in total. The van der Waals surface area contributed by atoms with Crippen molar-refractivity contribution in [1.29, 1.82) is 0 Å². The van der Waals surface area contributed by atoms with Gasteiger partial charge in [-0.3, -0.25) is 0 Å². The summed E-state index contributed by atoms with van der Waals surface area (Å²) in [6.07, 6.45) is 2.04. The summed E-state index contributed by atoms with van der Waals surface area (Å²) in [6.45, 7) is 4.05. The molecule has 0 amide bonds. The predicted octanol–water partition coefficient (Wildman–Crippen LogP) is 2.51. The fraction of sp³-hybridized carbons (Fsp3) is 0.500. The van der Waals surface area contributed by atoms with Gasteiger partial charge in [-0.25, -0.2) is 0 Å². The molecule has 0 spiro atoms. The van der Waals surface area contributed by atoms with Crippen molar-refractivity contribution in [2.45, 2.75) is 19.8 Å². The molecule has 1 saturated heterocycles. The Kier molecular flexibility index (Phi) is 3.17. The second-order valence-electron chi connectivity index (χ2n) is 4.31. The van der Waals surface area contributed by atoms with E-state index in [1.54, 1.807) is 6.07 Å². The summed E-state index contributed by atoms with van der Waals surface area (Å²) in [5.74, 6) is 0.947. The predicted molar refractivity (Wildman–Crippen MR) is 62.5 cm³/mol. The second kappa shape index (κ2) is 4.42. The van der Waals surface area contributed by atoms with Gasteiger partial charge in [0.25, 0.3) is 0 Å². The van der Waals surface area contributed by atoms with E-state index in [1.165, 1.54) is 6.42 Å². The topological polar surface area (TPSA) is 32.3 Å². The summed E-state index contributed by atoms with van der Waals surface area (Å²) in [5, 5.41) is 13.8. The molecule has 1 aliphatic heterocycles. The van der Waals surface area contributed by atoms with Gasteiger partial charge >= 0.3 is 0 Å². The van der Waals surface area contributed by atoms with Crippen molar-refractivity contribution in [3.8, 4) is 5.75 Å². The van der Waals surface area contributed by atoms with Gasteiger partial charge in [-0.05, 0) is 56.5 Å². The molecule has 15 heavy (non-hydrogen) atoms. The van der Waals surface area contributed by atoms with Gasteiger partial charge in [0.15, 0.2) is 0 Å². The lowest BCUT2D eigenvalue weighted by Gasteiger charge is -2.12. The van der Waals surface area contributed by atoms with Crippen LogP contribution in [0.1, 0.15) is 17.5 Å². The quantitative estimate of drug-likeness (QED) is 0.811. The minimum absolute atomic E-state index is 0.340. The van der Waals surface area contributed by atoms with E-state index >= 15 is 0 Å². The fourth-order valence-corrected chi connectivity index (χ4v) is 2.48. The Balaban J connectivity index is 2.19. The lowest BCUT2D eigenvalue weighted by Crippen LogP contribution is -2.11. The molecule has 1 aromatic carbocycles. The molecule has 1 atom stereocenters. The first-order valence-corrected chi connectivity index (χ1v) is 5.73. The van der Waals surface area contributed by atoms with Crippen LogP contribution in [0.4, 0.5) is 0 Å². The van der Waals surface area contributed by atoms with Gasteiger partial charge in [-0.1, -0.05) is 11.6 Å². The summed E-state index contributed by atoms with van der Waals surface area (Å²) >= 11 is 6.13. The van der Waals surface area contributed by atoms with Gasteiger partial charge in [-0.15, -0.1) is 0 Å². The van der Waals surface area contributed by atoms with Crippen molar-refractivity contribution in [2.75, 3.05) is 13.1 Å². The lowest BCUT2D eigenvalue weighted by atomic mass is 9.97. The van der Waals surface area contributed by atoms with Gasteiger partial charge in [0.2, 0.25) is 0 Å². The molecule has 0 aliphatic carbocycles. The lowest BCUT2D eigenvalue weighted by molar-refractivity contribution is 0.459. The molecular weight excluding hydrogens is 210 g/mol. The largest absolute Gasteiger partial charge is 0.508 e. The van der Waals surface area contributed by atoms with E-state index in [1.807, 2.05) is 13.0 Å². The first-order valence-electron chi connectivity index (χ1n) is 5.35. The SMILES string of the molecule is Cc1cc(O)c(CC2CCNC2)c(Cl)c1. The highest BCUT2D eigenvalue weighted by molar-refractivity contribution is 6.31. The number of hydrogen-bond donors (Lipinski definition) is 2. The van der Waals surface area contributed by atoms with Crippen LogP contribution >= 0.6 is 11.6 Å². The molecular formula is C12H16ClNO. The Morgan fingerprint density at radius 2 is 2.33 bits per heavy atom. The van der Waals surface area contributed by atoms with Crippen LogP contribution in [-0.2, 0) is 6.42 Å². The molecule has 1 fully saturated rings. The van der Waals surface area contributed by atoms with Crippen LogP contribution in [0, 0.1) is 12.8 Å². The molecule has 1 aromatic rings. The first-order chi connectivity index (χ1) is 7.16. The normalized spacial score (nSPS) is 20.8. The summed E-state index contributed by atoms with van der Waals surface area (Å²) in [6, 6.07) is 3.70. The van der Waals surface area contributed by atoms with Gasteiger partial charge in [0.05, 0.1) is 0 Å². The molecule has 1 aliphatic rings. The summed E-state index contributed by atoms with van der Waals surface area (Å²) in [5.41, 5.74) is 1.90. The van der Waals surface area contributed by atoms with Crippen LogP contribution in [-0.4, -0.2) is 18.2 Å². The monoisotopic (exact) mass is 225 g/mol. The molecule has 0 aromatic heterocycles. The van der Waals surface area contributed by atoms with Crippen LogP contribution in [0.2, 0.25) is 5.02 Å². The minimum Gasteiger partial charge on any atom is -0.508 e. The van der Waals surface area contributed by atoms with Gasteiger partial charge in [-0.2, -0.15) is 0 Å². The number of hydrogen-bond acceptors (Lipinski definition) is 2. The van der Waals surface area contributed by atoms with Crippen molar-refractivity contribution >= 4 is 11.6 Å². The Bertz CT molecular complexity index is 336. The van der Waals surface area contributed by atoms with Crippen molar-refractivity contribution in [1.82, 2.24) is 5.32 Å². The number of aryl methyl sites for hydroxylation is 1. The summed E-state index contributed by atoms with van der Waals surface area (Å²) in [7, 11) is 0. The Labute approximate surface area is 95.3 Å². The highest BCUT2D eigenvalue weighted by atomic mass is 35.5. The third kappa shape index (κ3) is 2.44. The molecule has 1 heterocycles. The first kappa shape index (κ1) is 10.8. The zero-order valence-corrected chi connectivity index (χ0v) is 9.64. The highest BCUT2D eigenvalue weighted by Gasteiger charge is 2.18. The van der Waals surface area contributed by atoms with Gasteiger partial charge < -0.3 is 10.4 Å².